The molecule has 0 radical (unpaired) electrons. The highest BCUT2D eigenvalue weighted by atomic mass is 32.2. The molecule has 1 N–H and O–H groups in total. The van der Waals surface area contributed by atoms with E-state index >= 15 is 0 Å². The third-order valence-corrected chi connectivity index (χ3v) is 6.31. The second-order valence-electron chi connectivity index (χ2n) is 6.15. The highest BCUT2D eigenvalue weighted by Gasteiger charge is 2.21. The predicted octanol–water partition coefficient (Wildman–Crippen LogP) is 4.19. The largest absolute Gasteiger partial charge is 0.369 e. The first kappa shape index (κ1) is 16.7. The molecule has 1 aliphatic rings. The van der Waals surface area contributed by atoms with Crippen molar-refractivity contribution in [3.63, 3.8) is 0 Å². The number of thiophene rings is 1. The Morgan fingerprint density at radius 3 is 2.96 bits per heavy atom. The number of nitrogens with zero attached hydrogens (tertiary/aromatic N) is 4. The molecule has 3 aromatic rings. The minimum absolute atomic E-state index is 0.659. The molecule has 0 aliphatic heterocycles. The van der Waals surface area contributed by atoms with Crippen molar-refractivity contribution < 1.29 is 0 Å². The maximum absolute atomic E-state index is 4.82. The van der Waals surface area contributed by atoms with Crippen LogP contribution < -0.4 is 5.32 Å². The van der Waals surface area contributed by atoms with Gasteiger partial charge in [0.05, 0.1) is 11.6 Å². The molecule has 7 heteroatoms. The molecule has 25 heavy (non-hydrogen) atoms. The summed E-state index contributed by atoms with van der Waals surface area (Å²) < 4.78 is 0. The average molecular weight is 372 g/mol. The van der Waals surface area contributed by atoms with Gasteiger partial charge in [0.2, 0.25) is 0 Å². The molecule has 4 rings (SSSR count). The number of nitrogens with one attached hydrogen (secondary N) is 1. The van der Waals surface area contributed by atoms with Crippen LogP contribution in [0.25, 0.3) is 21.7 Å². The van der Waals surface area contributed by atoms with Gasteiger partial charge in [-0.3, -0.25) is 4.98 Å². The molecule has 0 saturated carbocycles. The molecule has 0 spiro atoms. The molecule has 0 atom stereocenters. The van der Waals surface area contributed by atoms with Crippen LogP contribution in [0.4, 0.5) is 5.82 Å². The lowest BCUT2D eigenvalue weighted by atomic mass is 9.97. The summed E-state index contributed by atoms with van der Waals surface area (Å²) in [6.45, 7) is 0.928. The van der Waals surface area contributed by atoms with E-state index in [4.69, 9.17) is 9.97 Å². The first-order valence-electron chi connectivity index (χ1n) is 8.68. The van der Waals surface area contributed by atoms with Crippen molar-refractivity contribution in [2.24, 2.45) is 0 Å². The van der Waals surface area contributed by atoms with E-state index in [0.717, 1.165) is 41.5 Å². The van der Waals surface area contributed by atoms with Crippen LogP contribution in [0.2, 0.25) is 0 Å². The van der Waals surface area contributed by atoms with Gasteiger partial charge in [-0.1, -0.05) is 0 Å². The summed E-state index contributed by atoms with van der Waals surface area (Å²) in [5, 5.41) is 4.80. The summed E-state index contributed by atoms with van der Waals surface area (Å²) >= 11 is 3.70. The molecule has 0 unspecified atom stereocenters. The minimum Gasteiger partial charge on any atom is -0.369 e. The zero-order valence-corrected chi connectivity index (χ0v) is 15.9. The molecule has 3 aromatic heterocycles. The summed E-state index contributed by atoms with van der Waals surface area (Å²) in [5.74, 6) is 2.78. The zero-order chi connectivity index (χ0) is 17.1. The molecular weight excluding hydrogens is 350 g/mol. The van der Waals surface area contributed by atoms with E-state index in [1.807, 2.05) is 23.1 Å². The summed E-state index contributed by atoms with van der Waals surface area (Å²) in [7, 11) is 0. The van der Waals surface area contributed by atoms with Crippen LogP contribution in [-0.4, -0.2) is 38.5 Å². The van der Waals surface area contributed by atoms with Gasteiger partial charge in [0.1, 0.15) is 16.3 Å². The molecule has 1 aliphatic carbocycles. The first-order valence-corrected chi connectivity index (χ1v) is 10.9. The van der Waals surface area contributed by atoms with Crippen LogP contribution in [0.3, 0.4) is 0 Å². The normalized spacial score (nSPS) is 13.8. The van der Waals surface area contributed by atoms with Gasteiger partial charge in [0.25, 0.3) is 0 Å². The van der Waals surface area contributed by atoms with E-state index < -0.39 is 0 Å². The molecule has 0 bridgehead atoms. The Morgan fingerprint density at radius 2 is 2.12 bits per heavy atom. The predicted molar refractivity (Wildman–Crippen MR) is 107 cm³/mol. The van der Waals surface area contributed by atoms with Crippen LogP contribution in [0, 0.1) is 0 Å². The Balaban J connectivity index is 1.78. The lowest BCUT2D eigenvalue weighted by Crippen LogP contribution is -2.07. The SMILES string of the molecule is CSCCCNc1nc(-c2cnccn2)nc2sc3c(c12)CCCC3. The van der Waals surface area contributed by atoms with Crippen LogP contribution >= 0.6 is 23.1 Å². The Morgan fingerprint density at radius 1 is 1.20 bits per heavy atom. The summed E-state index contributed by atoms with van der Waals surface area (Å²) in [5.41, 5.74) is 2.19. The van der Waals surface area contributed by atoms with Crippen molar-refractivity contribution in [1.82, 2.24) is 19.9 Å². The topological polar surface area (TPSA) is 63.6 Å². The van der Waals surface area contributed by atoms with Gasteiger partial charge < -0.3 is 5.32 Å². The summed E-state index contributed by atoms with van der Waals surface area (Å²) in [6, 6.07) is 0. The smallest absolute Gasteiger partial charge is 0.183 e. The maximum Gasteiger partial charge on any atom is 0.183 e. The number of hydrogen-bond acceptors (Lipinski definition) is 7. The maximum atomic E-state index is 4.82. The number of thioether (sulfide) groups is 1. The number of rotatable bonds is 6. The first-order chi connectivity index (χ1) is 12.4. The number of anilines is 1. The fraction of sp³-hybridized carbons (Fsp3) is 0.444. The van der Waals surface area contributed by atoms with Crippen molar-refractivity contribution in [2.75, 3.05) is 23.9 Å². The fourth-order valence-electron chi connectivity index (χ4n) is 3.24. The average Bonchev–Trinajstić information content (AvgIpc) is 3.04. The minimum atomic E-state index is 0.659. The van der Waals surface area contributed by atoms with Crippen molar-refractivity contribution in [3.05, 3.63) is 29.0 Å². The van der Waals surface area contributed by atoms with Crippen molar-refractivity contribution in [2.45, 2.75) is 32.1 Å². The second-order valence-corrected chi connectivity index (χ2v) is 8.22. The van der Waals surface area contributed by atoms with Gasteiger partial charge in [0.15, 0.2) is 5.82 Å². The molecule has 3 heterocycles. The standard InChI is InChI=1S/C18H21N5S2/c1-24-10-4-7-21-17-15-12-5-2-3-6-14(12)25-18(15)23-16(22-17)13-11-19-8-9-20-13/h8-9,11H,2-7,10H2,1H3,(H,21,22,23). The number of aromatic nitrogens is 4. The summed E-state index contributed by atoms with van der Waals surface area (Å²) in [4.78, 5) is 20.7. The van der Waals surface area contributed by atoms with Gasteiger partial charge in [-0.2, -0.15) is 11.8 Å². The van der Waals surface area contributed by atoms with Crippen molar-refractivity contribution >= 4 is 39.1 Å². The highest BCUT2D eigenvalue weighted by molar-refractivity contribution is 7.98. The molecule has 0 saturated heterocycles. The molecule has 0 amide bonds. The van der Waals surface area contributed by atoms with E-state index in [0.29, 0.717) is 5.82 Å². The Hall–Kier alpha value is -1.73. The number of hydrogen-bond donors (Lipinski definition) is 1. The second kappa shape index (κ2) is 7.66. The van der Waals surface area contributed by atoms with Gasteiger partial charge >= 0.3 is 0 Å². The quantitative estimate of drug-likeness (QED) is 0.656. The molecule has 130 valence electrons. The van der Waals surface area contributed by atoms with Crippen LogP contribution in [0.1, 0.15) is 29.7 Å². The lowest BCUT2D eigenvalue weighted by molar-refractivity contribution is 0.700. The molecular formula is C18H21N5S2. The molecule has 0 fully saturated rings. The number of aryl methyl sites for hydroxylation is 2. The Labute approximate surface area is 155 Å². The Bertz CT molecular complexity index is 863. The van der Waals surface area contributed by atoms with E-state index in [-0.39, 0.29) is 0 Å². The van der Waals surface area contributed by atoms with Gasteiger partial charge in [0, 0.05) is 23.8 Å². The fourth-order valence-corrected chi connectivity index (χ4v) is 4.93. The Kier molecular flexibility index (Phi) is 5.12. The third kappa shape index (κ3) is 3.48. The van der Waals surface area contributed by atoms with Gasteiger partial charge in [-0.25, -0.2) is 15.0 Å². The monoisotopic (exact) mass is 371 g/mol. The van der Waals surface area contributed by atoms with Crippen molar-refractivity contribution in [1.29, 1.82) is 0 Å². The van der Waals surface area contributed by atoms with Crippen LogP contribution in [0.15, 0.2) is 18.6 Å². The van der Waals surface area contributed by atoms with Crippen molar-refractivity contribution in [3.8, 4) is 11.5 Å². The number of fused-ring (bicyclic) bond motifs is 3. The van der Waals surface area contributed by atoms with E-state index in [2.05, 4.69) is 21.5 Å². The van der Waals surface area contributed by atoms with E-state index in [1.54, 1.807) is 18.6 Å². The highest BCUT2D eigenvalue weighted by Crippen LogP contribution is 2.39. The van der Waals surface area contributed by atoms with E-state index in [1.165, 1.54) is 35.1 Å². The van der Waals surface area contributed by atoms with Crippen LogP contribution in [-0.2, 0) is 12.8 Å². The molecule has 0 aromatic carbocycles. The van der Waals surface area contributed by atoms with Gasteiger partial charge in [-0.15, -0.1) is 11.3 Å². The summed E-state index contributed by atoms with van der Waals surface area (Å²) in [6.07, 6.45) is 13.2. The lowest BCUT2D eigenvalue weighted by Gasteiger charge is -2.13. The zero-order valence-electron chi connectivity index (χ0n) is 14.3. The third-order valence-electron chi connectivity index (χ3n) is 4.42. The van der Waals surface area contributed by atoms with Gasteiger partial charge in [-0.05, 0) is 49.7 Å². The molecule has 5 nitrogen and oxygen atoms in total. The van der Waals surface area contributed by atoms with E-state index in [9.17, 15) is 0 Å². The van der Waals surface area contributed by atoms with Crippen LogP contribution in [0.5, 0.6) is 0 Å².